The lowest BCUT2D eigenvalue weighted by Gasteiger charge is -2.10. The van der Waals surface area contributed by atoms with Crippen LogP contribution in [0, 0.1) is 0 Å². The molecule has 17 heavy (non-hydrogen) atoms. The summed E-state index contributed by atoms with van der Waals surface area (Å²) in [5.41, 5.74) is 0.241. The van der Waals surface area contributed by atoms with Crippen LogP contribution in [0.3, 0.4) is 0 Å². The second kappa shape index (κ2) is 6.87. The number of aromatic hydroxyl groups is 1. The number of alkyl halides is 1. The predicted molar refractivity (Wildman–Crippen MR) is 73.1 cm³/mol. The van der Waals surface area contributed by atoms with Crippen LogP contribution in [-0.4, -0.2) is 22.4 Å². The molecule has 0 aliphatic carbocycles. The molecular formula is C12H15BrClNO2. The molecule has 0 aliphatic rings. The highest BCUT2D eigenvalue weighted by Crippen LogP contribution is 2.21. The number of carbonyl (C=O) groups excluding carboxylic acids is 1. The number of nitrogens with one attached hydrogen (secondary N) is 1. The average Bonchev–Trinajstić information content (AvgIpc) is 2.26. The second-order valence-electron chi connectivity index (χ2n) is 3.76. The van der Waals surface area contributed by atoms with E-state index in [9.17, 15) is 9.90 Å². The molecule has 1 rings (SSSR count). The van der Waals surface area contributed by atoms with Gasteiger partial charge in [-0.2, -0.15) is 0 Å². The van der Waals surface area contributed by atoms with Gasteiger partial charge in [-0.05, 0) is 24.6 Å². The van der Waals surface area contributed by atoms with Crippen molar-refractivity contribution in [1.29, 1.82) is 0 Å². The summed E-state index contributed by atoms with van der Waals surface area (Å²) in [6.45, 7) is 2.62. The van der Waals surface area contributed by atoms with Gasteiger partial charge in [-0.15, -0.1) is 0 Å². The van der Waals surface area contributed by atoms with E-state index in [0.29, 0.717) is 11.6 Å². The van der Waals surface area contributed by atoms with Gasteiger partial charge in [0.05, 0.1) is 5.56 Å². The molecule has 1 unspecified atom stereocenters. The number of phenols is 1. The Kier molecular flexibility index (Phi) is 5.78. The second-order valence-corrected chi connectivity index (χ2v) is 5.49. The quantitative estimate of drug-likeness (QED) is 0.818. The van der Waals surface area contributed by atoms with E-state index in [2.05, 4.69) is 28.2 Å². The van der Waals surface area contributed by atoms with Gasteiger partial charge in [0.2, 0.25) is 0 Å². The SMILES string of the molecule is CCCC(Br)CNC(=O)c1ccc(Cl)cc1O. The van der Waals surface area contributed by atoms with Crippen molar-refractivity contribution in [2.75, 3.05) is 6.54 Å². The fourth-order valence-electron chi connectivity index (χ4n) is 1.41. The topological polar surface area (TPSA) is 49.3 Å². The summed E-state index contributed by atoms with van der Waals surface area (Å²) in [5.74, 6) is -0.392. The lowest BCUT2D eigenvalue weighted by molar-refractivity contribution is 0.0951. The van der Waals surface area contributed by atoms with Crippen LogP contribution in [0.5, 0.6) is 5.75 Å². The molecule has 0 fully saturated rings. The number of halogens is 2. The van der Waals surface area contributed by atoms with Gasteiger partial charge < -0.3 is 10.4 Å². The van der Waals surface area contributed by atoms with Crippen molar-refractivity contribution in [3.63, 3.8) is 0 Å². The third kappa shape index (κ3) is 4.56. The maximum absolute atomic E-state index is 11.8. The van der Waals surface area contributed by atoms with Crippen molar-refractivity contribution in [1.82, 2.24) is 5.32 Å². The first kappa shape index (κ1) is 14.3. The van der Waals surface area contributed by atoms with Crippen LogP contribution in [0.4, 0.5) is 0 Å². The van der Waals surface area contributed by atoms with Gasteiger partial charge in [0, 0.05) is 16.4 Å². The first-order valence-electron chi connectivity index (χ1n) is 5.45. The fourth-order valence-corrected chi connectivity index (χ4v) is 2.20. The minimum atomic E-state index is -0.292. The molecule has 0 saturated heterocycles. The molecule has 1 atom stereocenters. The molecule has 0 radical (unpaired) electrons. The number of carbonyl (C=O) groups is 1. The monoisotopic (exact) mass is 319 g/mol. The largest absolute Gasteiger partial charge is 0.507 e. The van der Waals surface area contributed by atoms with Crippen LogP contribution in [-0.2, 0) is 0 Å². The molecule has 0 bridgehead atoms. The molecule has 1 aromatic carbocycles. The van der Waals surface area contributed by atoms with E-state index in [0.717, 1.165) is 12.8 Å². The van der Waals surface area contributed by atoms with Gasteiger partial charge in [-0.3, -0.25) is 4.79 Å². The van der Waals surface area contributed by atoms with Crippen molar-refractivity contribution in [2.45, 2.75) is 24.6 Å². The average molecular weight is 321 g/mol. The highest BCUT2D eigenvalue weighted by Gasteiger charge is 2.12. The minimum Gasteiger partial charge on any atom is -0.507 e. The van der Waals surface area contributed by atoms with Crippen LogP contribution in [0.15, 0.2) is 18.2 Å². The number of amides is 1. The molecular weight excluding hydrogens is 305 g/mol. The molecule has 1 aromatic rings. The maximum Gasteiger partial charge on any atom is 0.255 e. The molecule has 0 aromatic heterocycles. The zero-order valence-corrected chi connectivity index (χ0v) is 11.9. The summed E-state index contributed by atoms with van der Waals surface area (Å²) in [6, 6.07) is 4.44. The molecule has 94 valence electrons. The van der Waals surface area contributed by atoms with Crippen molar-refractivity contribution in [3.05, 3.63) is 28.8 Å². The number of benzene rings is 1. The van der Waals surface area contributed by atoms with Crippen LogP contribution in [0.2, 0.25) is 5.02 Å². The molecule has 2 N–H and O–H groups in total. The van der Waals surface area contributed by atoms with E-state index in [4.69, 9.17) is 11.6 Å². The van der Waals surface area contributed by atoms with Gasteiger partial charge in [-0.25, -0.2) is 0 Å². The van der Waals surface area contributed by atoms with Crippen molar-refractivity contribution >= 4 is 33.4 Å². The first-order chi connectivity index (χ1) is 8.04. The number of phenolic OH excluding ortho intramolecular Hbond substituents is 1. The lowest BCUT2D eigenvalue weighted by Crippen LogP contribution is -2.29. The van der Waals surface area contributed by atoms with Crippen LogP contribution in [0.1, 0.15) is 30.1 Å². The smallest absolute Gasteiger partial charge is 0.255 e. The molecule has 1 amide bonds. The third-order valence-corrected chi connectivity index (χ3v) is 3.31. The molecule has 0 aliphatic heterocycles. The Hall–Kier alpha value is -0.740. The van der Waals surface area contributed by atoms with Gasteiger partial charge in [-0.1, -0.05) is 40.9 Å². The third-order valence-electron chi connectivity index (χ3n) is 2.29. The summed E-state index contributed by atoms with van der Waals surface area (Å²) in [5, 5.41) is 12.7. The van der Waals surface area contributed by atoms with E-state index in [1.807, 2.05) is 0 Å². The Labute approximate surface area is 114 Å². The van der Waals surface area contributed by atoms with E-state index < -0.39 is 0 Å². The standard InChI is InChI=1S/C12H15BrClNO2/c1-2-3-8(13)7-15-12(17)10-5-4-9(14)6-11(10)16/h4-6,8,16H,2-3,7H2,1H3,(H,15,17). The highest BCUT2D eigenvalue weighted by atomic mass is 79.9. The van der Waals surface area contributed by atoms with Gasteiger partial charge >= 0.3 is 0 Å². The predicted octanol–water partition coefficient (Wildman–Crippen LogP) is 3.34. The summed E-state index contributed by atoms with van der Waals surface area (Å²) < 4.78 is 0. The normalized spacial score (nSPS) is 12.2. The lowest BCUT2D eigenvalue weighted by atomic mass is 10.2. The molecule has 3 nitrogen and oxygen atoms in total. The number of rotatable bonds is 5. The molecule has 0 spiro atoms. The Morgan fingerprint density at radius 3 is 2.88 bits per heavy atom. The number of hydrogen-bond acceptors (Lipinski definition) is 2. The maximum atomic E-state index is 11.8. The summed E-state index contributed by atoms with van der Waals surface area (Å²) in [6.07, 6.45) is 2.05. The fraction of sp³-hybridized carbons (Fsp3) is 0.417. The first-order valence-corrected chi connectivity index (χ1v) is 6.74. The summed E-state index contributed by atoms with van der Waals surface area (Å²) in [4.78, 5) is 12.0. The van der Waals surface area contributed by atoms with E-state index >= 15 is 0 Å². The molecule has 0 saturated carbocycles. The molecule has 5 heteroatoms. The van der Waals surface area contributed by atoms with Gasteiger partial charge in [0.15, 0.2) is 0 Å². The Balaban J connectivity index is 2.58. The summed E-state index contributed by atoms with van der Waals surface area (Å²) >= 11 is 9.16. The zero-order valence-electron chi connectivity index (χ0n) is 9.54. The minimum absolute atomic E-state index is 0.100. The Bertz CT molecular complexity index is 398. The highest BCUT2D eigenvalue weighted by molar-refractivity contribution is 9.09. The summed E-state index contributed by atoms with van der Waals surface area (Å²) in [7, 11) is 0. The number of hydrogen-bond donors (Lipinski definition) is 2. The Morgan fingerprint density at radius 2 is 2.29 bits per heavy atom. The van der Waals surface area contributed by atoms with Crippen molar-refractivity contribution in [2.24, 2.45) is 0 Å². The molecule has 0 heterocycles. The van der Waals surface area contributed by atoms with E-state index in [-0.39, 0.29) is 22.0 Å². The van der Waals surface area contributed by atoms with Crippen LogP contribution < -0.4 is 5.32 Å². The van der Waals surface area contributed by atoms with E-state index in [1.54, 1.807) is 6.07 Å². The van der Waals surface area contributed by atoms with Crippen LogP contribution >= 0.6 is 27.5 Å². The Morgan fingerprint density at radius 1 is 1.59 bits per heavy atom. The van der Waals surface area contributed by atoms with Gasteiger partial charge in [0.1, 0.15) is 5.75 Å². The van der Waals surface area contributed by atoms with Crippen molar-refractivity contribution < 1.29 is 9.90 Å². The van der Waals surface area contributed by atoms with Crippen molar-refractivity contribution in [3.8, 4) is 5.75 Å². The van der Waals surface area contributed by atoms with Gasteiger partial charge in [0.25, 0.3) is 5.91 Å². The zero-order chi connectivity index (χ0) is 12.8. The van der Waals surface area contributed by atoms with E-state index in [1.165, 1.54) is 12.1 Å². The van der Waals surface area contributed by atoms with Crippen LogP contribution in [0.25, 0.3) is 0 Å².